The number of carbonyl (C=O) groups excluding carboxylic acids is 1. The van der Waals surface area contributed by atoms with Crippen molar-refractivity contribution in [3.8, 4) is 0 Å². The smallest absolute Gasteiger partial charge is 0.223 e. The molecule has 1 atom stereocenters. The Morgan fingerprint density at radius 1 is 1.25 bits per heavy atom. The summed E-state index contributed by atoms with van der Waals surface area (Å²) in [6.45, 7) is 7.11. The minimum Gasteiger partial charge on any atom is -0.390 e. The van der Waals surface area contributed by atoms with E-state index >= 15 is 0 Å². The van der Waals surface area contributed by atoms with Gasteiger partial charge in [0.05, 0.1) is 12.3 Å². The van der Waals surface area contributed by atoms with Gasteiger partial charge in [0.1, 0.15) is 0 Å². The number of aromatic nitrogens is 1. The van der Waals surface area contributed by atoms with Gasteiger partial charge in [-0.2, -0.15) is 0 Å². The molecule has 2 aromatic rings. The second kappa shape index (κ2) is 8.74. The van der Waals surface area contributed by atoms with Crippen LogP contribution in [0.2, 0.25) is 5.02 Å². The highest BCUT2D eigenvalue weighted by Gasteiger charge is 2.29. The zero-order valence-corrected chi connectivity index (χ0v) is 17.3. The van der Waals surface area contributed by atoms with Gasteiger partial charge in [-0.05, 0) is 29.2 Å². The Labute approximate surface area is 171 Å². The molecular weight excluding hydrogens is 374 g/mol. The Hall–Kier alpha value is -2.40. The highest BCUT2D eigenvalue weighted by Crippen LogP contribution is 2.24. The predicted octanol–water partition coefficient (Wildman–Crippen LogP) is 4.69. The van der Waals surface area contributed by atoms with Crippen LogP contribution < -0.4 is 0 Å². The predicted molar refractivity (Wildman–Crippen MR) is 111 cm³/mol. The zero-order valence-electron chi connectivity index (χ0n) is 16.6. The molecule has 0 spiro atoms. The van der Waals surface area contributed by atoms with Gasteiger partial charge in [0.2, 0.25) is 5.91 Å². The van der Waals surface area contributed by atoms with Crippen LogP contribution >= 0.6 is 11.6 Å². The van der Waals surface area contributed by atoms with Gasteiger partial charge in [-0.15, -0.1) is 0 Å². The van der Waals surface area contributed by atoms with E-state index in [-0.39, 0.29) is 17.4 Å². The van der Waals surface area contributed by atoms with E-state index in [2.05, 4.69) is 30.9 Å². The minimum atomic E-state index is -0.179. The molecule has 148 valence electrons. The van der Waals surface area contributed by atoms with E-state index in [1.807, 2.05) is 41.3 Å². The van der Waals surface area contributed by atoms with Crippen molar-refractivity contribution in [2.24, 2.45) is 10.6 Å². The molecule has 0 saturated carbocycles. The van der Waals surface area contributed by atoms with Crippen molar-refractivity contribution in [2.45, 2.75) is 46.3 Å². The van der Waals surface area contributed by atoms with E-state index < -0.39 is 0 Å². The molecule has 0 unspecified atom stereocenters. The number of nitrogens with zero attached hydrogens (tertiary/aromatic N) is 3. The van der Waals surface area contributed by atoms with Gasteiger partial charge in [0, 0.05) is 42.4 Å². The fraction of sp³-hybridized carbons (Fsp3) is 0.409. The molecule has 1 aliphatic heterocycles. The second-order valence-electron chi connectivity index (χ2n) is 8.31. The molecule has 6 heteroatoms. The number of halogens is 1. The number of amides is 1. The van der Waals surface area contributed by atoms with Crippen LogP contribution in [-0.4, -0.2) is 34.2 Å². The van der Waals surface area contributed by atoms with Crippen LogP contribution in [0, 0.1) is 5.41 Å². The maximum atomic E-state index is 13.0. The molecule has 5 nitrogen and oxygen atoms in total. The summed E-state index contributed by atoms with van der Waals surface area (Å²) in [6.07, 6.45) is 4.43. The van der Waals surface area contributed by atoms with Crippen molar-refractivity contribution < 1.29 is 9.63 Å². The first kappa shape index (κ1) is 20.3. The molecule has 3 rings (SSSR count). The SMILES string of the molecule is CC(C)(C)CC(=O)N(Cc1ccccc1Cl)C[C@H]1CC(c2cccnc2)=NO1. The second-order valence-corrected chi connectivity index (χ2v) is 8.72. The van der Waals surface area contributed by atoms with Crippen LogP contribution in [0.15, 0.2) is 53.9 Å². The number of pyridine rings is 1. The lowest BCUT2D eigenvalue weighted by Crippen LogP contribution is -2.38. The number of benzene rings is 1. The van der Waals surface area contributed by atoms with Crippen LogP contribution in [0.5, 0.6) is 0 Å². The number of oxime groups is 1. The summed E-state index contributed by atoms with van der Waals surface area (Å²) in [7, 11) is 0. The zero-order chi connectivity index (χ0) is 20.1. The summed E-state index contributed by atoms with van der Waals surface area (Å²) < 4.78 is 0. The maximum Gasteiger partial charge on any atom is 0.223 e. The van der Waals surface area contributed by atoms with Crippen molar-refractivity contribution in [3.63, 3.8) is 0 Å². The average Bonchev–Trinajstić information content (AvgIpc) is 3.11. The largest absolute Gasteiger partial charge is 0.390 e. The van der Waals surface area contributed by atoms with E-state index in [1.165, 1.54) is 0 Å². The van der Waals surface area contributed by atoms with E-state index in [1.54, 1.807) is 12.4 Å². The van der Waals surface area contributed by atoms with Crippen LogP contribution in [0.4, 0.5) is 0 Å². The summed E-state index contributed by atoms with van der Waals surface area (Å²) in [5, 5.41) is 4.87. The minimum absolute atomic E-state index is 0.0887. The van der Waals surface area contributed by atoms with E-state index in [0.29, 0.717) is 31.0 Å². The Morgan fingerprint density at radius 2 is 2.04 bits per heavy atom. The molecule has 0 aliphatic carbocycles. The van der Waals surface area contributed by atoms with Gasteiger partial charge in [0.15, 0.2) is 6.10 Å². The standard InChI is InChI=1S/C22H26ClN3O2/c1-22(2,3)12-21(27)26(14-17-7-4-5-9-19(17)23)15-18-11-20(25-28-18)16-8-6-10-24-13-16/h4-10,13,18H,11-12,14-15H2,1-3H3/t18-/m1/s1. The van der Waals surface area contributed by atoms with Gasteiger partial charge in [-0.25, -0.2) is 0 Å². The lowest BCUT2D eigenvalue weighted by Gasteiger charge is -2.28. The number of rotatable bonds is 6. The maximum absolute atomic E-state index is 13.0. The number of hydrogen-bond donors (Lipinski definition) is 0. The van der Waals surface area contributed by atoms with Crippen LogP contribution in [0.25, 0.3) is 0 Å². The summed E-state index contributed by atoms with van der Waals surface area (Å²) in [5.41, 5.74) is 2.64. The average molecular weight is 400 g/mol. The molecule has 1 aliphatic rings. The van der Waals surface area contributed by atoms with E-state index in [9.17, 15) is 4.79 Å². The Morgan fingerprint density at radius 3 is 2.71 bits per heavy atom. The Bertz CT molecular complexity index is 846. The van der Waals surface area contributed by atoms with Gasteiger partial charge in [-0.3, -0.25) is 9.78 Å². The monoisotopic (exact) mass is 399 g/mol. The molecule has 1 amide bonds. The van der Waals surface area contributed by atoms with Gasteiger partial charge in [0.25, 0.3) is 0 Å². The summed E-state index contributed by atoms with van der Waals surface area (Å²) in [5.74, 6) is 0.0887. The Balaban J connectivity index is 1.71. The third-order valence-electron chi connectivity index (χ3n) is 4.51. The van der Waals surface area contributed by atoms with Crippen molar-refractivity contribution in [3.05, 3.63) is 64.9 Å². The quantitative estimate of drug-likeness (QED) is 0.707. The fourth-order valence-corrected chi connectivity index (χ4v) is 3.32. The van der Waals surface area contributed by atoms with Crippen LogP contribution in [0.3, 0.4) is 0 Å². The van der Waals surface area contributed by atoms with Gasteiger partial charge < -0.3 is 9.74 Å². The highest BCUT2D eigenvalue weighted by molar-refractivity contribution is 6.31. The molecule has 0 N–H and O–H groups in total. The molecule has 2 heterocycles. The third kappa shape index (κ3) is 5.55. The lowest BCUT2D eigenvalue weighted by atomic mass is 9.91. The topological polar surface area (TPSA) is 54.8 Å². The summed E-state index contributed by atoms with van der Waals surface area (Å²) in [6, 6.07) is 11.5. The first-order chi connectivity index (χ1) is 13.3. The molecule has 0 radical (unpaired) electrons. The van der Waals surface area contributed by atoms with Crippen molar-refractivity contribution in [1.82, 2.24) is 9.88 Å². The summed E-state index contributed by atoms with van der Waals surface area (Å²) in [4.78, 5) is 24.6. The lowest BCUT2D eigenvalue weighted by molar-refractivity contribution is -0.135. The normalized spacial score (nSPS) is 16.4. The first-order valence-electron chi connectivity index (χ1n) is 9.46. The van der Waals surface area contributed by atoms with Crippen molar-refractivity contribution in [1.29, 1.82) is 0 Å². The number of hydrogen-bond acceptors (Lipinski definition) is 4. The fourth-order valence-electron chi connectivity index (χ4n) is 3.13. The Kier molecular flexibility index (Phi) is 6.35. The molecule has 0 fully saturated rings. The molecule has 0 bridgehead atoms. The third-order valence-corrected chi connectivity index (χ3v) is 4.87. The molecule has 1 aromatic heterocycles. The van der Waals surface area contributed by atoms with Crippen LogP contribution in [-0.2, 0) is 16.2 Å². The van der Waals surface area contributed by atoms with Gasteiger partial charge >= 0.3 is 0 Å². The number of carbonyl (C=O) groups is 1. The molecule has 0 saturated heterocycles. The highest BCUT2D eigenvalue weighted by atomic mass is 35.5. The van der Waals surface area contributed by atoms with E-state index in [4.69, 9.17) is 16.4 Å². The van der Waals surface area contributed by atoms with E-state index in [0.717, 1.165) is 16.8 Å². The summed E-state index contributed by atoms with van der Waals surface area (Å²) >= 11 is 6.33. The van der Waals surface area contributed by atoms with Gasteiger partial charge in [-0.1, -0.05) is 55.7 Å². The van der Waals surface area contributed by atoms with Crippen LogP contribution in [0.1, 0.15) is 44.7 Å². The molecule has 1 aromatic carbocycles. The van der Waals surface area contributed by atoms with Crippen molar-refractivity contribution in [2.75, 3.05) is 6.54 Å². The molecular formula is C22H26ClN3O2. The first-order valence-corrected chi connectivity index (χ1v) is 9.84. The van der Waals surface area contributed by atoms with Crippen molar-refractivity contribution >= 4 is 23.2 Å². The molecule has 28 heavy (non-hydrogen) atoms.